The van der Waals surface area contributed by atoms with E-state index in [4.69, 9.17) is 0 Å². The van der Waals surface area contributed by atoms with Gasteiger partial charge in [0.15, 0.2) is 0 Å². The minimum Gasteiger partial charge on any atom is -0.309 e. The van der Waals surface area contributed by atoms with Crippen LogP contribution in [0.4, 0.5) is 0 Å². The zero-order valence-electron chi connectivity index (χ0n) is 9.61. The molecule has 0 aliphatic heterocycles. The van der Waals surface area contributed by atoms with Gasteiger partial charge in [-0.2, -0.15) is 0 Å². The quantitative estimate of drug-likeness (QED) is 0.696. The molecule has 0 fully saturated rings. The number of hydrogen-bond acceptors (Lipinski definition) is 3. The molecule has 0 aromatic carbocycles. The molecule has 0 spiro atoms. The van der Waals surface area contributed by atoms with Crippen LogP contribution in [0.15, 0.2) is 18.9 Å². The molecule has 1 N–H and O–H groups in total. The number of nitrogens with one attached hydrogen (secondary N) is 1. The average Bonchev–Trinajstić information content (AvgIpc) is 2.66. The van der Waals surface area contributed by atoms with Crippen molar-refractivity contribution in [3.63, 3.8) is 0 Å². The Hall–Kier alpha value is -1.16. The first-order valence-corrected chi connectivity index (χ1v) is 5.56. The Balaban J connectivity index is 2.78. The molecule has 15 heavy (non-hydrogen) atoms. The van der Waals surface area contributed by atoms with Crippen LogP contribution in [0, 0.1) is 0 Å². The summed E-state index contributed by atoms with van der Waals surface area (Å²) in [5, 5.41) is 11.5. The highest BCUT2D eigenvalue weighted by molar-refractivity contribution is 5.04. The van der Waals surface area contributed by atoms with E-state index in [0.717, 1.165) is 31.6 Å². The summed E-state index contributed by atoms with van der Waals surface area (Å²) in [7, 11) is 0. The SMILES string of the molecule is C=CCC(NCC)c1cnnn1CCC. The summed E-state index contributed by atoms with van der Waals surface area (Å²) in [6.45, 7) is 9.88. The van der Waals surface area contributed by atoms with Crippen LogP contribution in [0.2, 0.25) is 0 Å². The molecule has 0 saturated heterocycles. The molecule has 0 amide bonds. The van der Waals surface area contributed by atoms with Crippen LogP contribution in [0.3, 0.4) is 0 Å². The Morgan fingerprint density at radius 2 is 2.40 bits per heavy atom. The third kappa shape index (κ3) is 3.16. The van der Waals surface area contributed by atoms with Gasteiger partial charge in [0, 0.05) is 6.54 Å². The fourth-order valence-corrected chi connectivity index (χ4v) is 1.64. The van der Waals surface area contributed by atoms with Crippen LogP contribution in [0.1, 0.15) is 38.4 Å². The topological polar surface area (TPSA) is 42.7 Å². The molecule has 1 aromatic rings. The monoisotopic (exact) mass is 208 g/mol. The summed E-state index contributed by atoms with van der Waals surface area (Å²) >= 11 is 0. The van der Waals surface area contributed by atoms with Crippen molar-refractivity contribution >= 4 is 0 Å². The highest BCUT2D eigenvalue weighted by Gasteiger charge is 2.13. The number of aryl methyl sites for hydroxylation is 1. The maximum absolute atomic E-state index is 4.08. The van der Waals surface area contributed by atoms with Gasteiger partial charge in [-0.1, -0.05) is 25.1 Å². The number of hydrogen-bond donors (Lipinski definition) is 1. The van der Waals surface area contributed by atoms with Crippen LogP contribution >= 0.6 is 0 Å². The van der Waals surface area contributed by atoms with Gasteiger partial charge in [0.2, 0.25) is 0 Å². The van der Waals surface area contributed by atoms with E-state index >= 15 is 0 Å². The van der Waals surface area contributed by atoms with Gasteiger partial charge in [0.1, 0.15) is 0 Å². The van der Waals surface area contributed by atoms with Crippen molar-refractivity contribution < 1.29 is 0 Å². The minimum atomic E-state index is 0.286. The standard InChI is InChI=1S/C11H20N4/c1-4-7-10(12-6-3)11-9-13-14-15(11)8-5-2/h4,9-10,12H,1,5-8H2,2-3H3. The number of nitrogens with zero attached hydrogens (tertiary/aromatic N) is 3. The molecule has 1 rings (SSSR count). The number of rotatable bonds is 7. The predicted octanol–water partition coefficient (Wildman–Crippen LogP) is 1.91. The van der Waals surface area contributed by atoms with Crippen LogP contribution in [-0.4, -0.2) is 21.5 Å². The summed E-state index contributed by atoms with van der Waals surface area (Å²) < 4.78 is 1.97. The van der Waals surface area contributed by atoms with Gasteiger partial charge in [0.25, 0.3) is 0 Å². The normalized spacial score (nSPS) is 12.7. The maximum atomic E-state index is 4.08. The summed E-state index contributed by atoms with van der Waals surface area (Å²) in [6.07, 6.45) is 5.75. The van der Waals surface area contributed by atoms with Gasteiger partial charge in [-0.05, 0) is 19.4 Å². The lowest BCUT2D eigenvalue weighted by atomic mass is 10.1. The summed E-state index contributed by atoms with van der Waals surface area (Å²) in [5.41, 5.74) is 1.15. The summed E-state index contributed by atoms with van der Waals surface area (Å²) in [5.74, 6) is 0. The summed E-state index contributed by atoms with van der Waals surface area (Å²) in [6, 6.07) is 0.286. The van der Waals surface area contributed by atoms with Gasteiger partial charge >= 0.3 is 0 Å². The molecule has 1 unspecified atom stereocenters. The minimum absolute atomic E-state index is 0.286. The van der Waals surface area contributed by atoms with E-state index in [0.29, 0.717) is 0 Å². The third-order valence-electron chi connectivity index (χ3n) is 2.29. The van der Waals surface area contributed by atoms with E-state index in [2.05, 4.69) is 36.1 Å². The fourth-order valence-electron chi connectivity index (χ4n) is 1.64. The molecule has 0 bridgehead atoms. The lowest BCUT2D eigenvalue weighted by Crippen LogP contribution is -2.23. The van der Waals surface area contributed by atoms with Gasteiger partial charge in [-0.15, -0.1) is 11.7 Å². The molecule has 4 heteroatoms. The molecule has 1 heterocycles. The molecule has 1 atom stereocenters. The zero-order valence-corrected chi connectivity index (χ0v) is 9.61. The van der Waals surface area contributed by atoms with Gasteiger partial charge < -0.3 is 5.32 Å². The Kier molecular flexibility index (Phi) is 5.04. The van der Waals surface area contributed by atoms with Crippen LogP contribution in [0.5, 0.6) is 0 Å². The third-order valence-corrected chi connectivity index (χ3v) is 2.29. The molecule has 0 aliphatic rings. The van der Waals surface area contributed by atoms with Crippen LogP contribution in [-0.2, 0) is 6.54 Å². The highest BCUT2D eigenvalue weighted by atomic mass is 15.4. The van der Waals surface area contributed by atoms with Crippen molar-refractivity contribution in [3.8, 4) is 0 Å². The highest BCUT2D eigenvalue weighted by Crippen LogP contribution is 2.15. The lowest BCUT2D eigenvalue weighted by Gasteiger charge is -2.16. The summed E-state index contributed by atoms with van der Waals surface area (Å²) in [4.78, 5) is 0. The fraction of sp³-hybridized carbons (Fsp3) is 0.636. The van der Waals surface area contributed by atoms with Crippen molar-refractivity contribution in [1.82, 2.24) is 20.3 Å². The molecular formula is C11H20N4. The first kappa shape index (κ1) is 11.9. The van der Waals surface area contributed by atoms with Gasteiger partial charge in [0.05, 0.1) is 17.9 Å². The van der Waals surface area contributed by atoms with E-state index in [1.54, 1.807) is 0 Å². The zero-order chi connectivity index (χ0) is 11.1. The van der Waals surface area contributed by atoms with Crippen LogP contribution in [0.25, 0.3) is 0 Å². The van der Waals surface area contributed by atoms with E-state index in [1.165, 1.54) is 0 Å². The smallest absolute Gasteiger partial charge is 0.0759 e. The van der Waals surface area contributed by atoms with Crippen molar-refractivity contribution in [2.24, 2.45) is 0 Å². The van der Waals surface area contributed by atoms with Crippen molar-refractivity contribution in [2.75, 3.05) is 6.54 Å². The second-order valence-corrected chi connectivity index (χ2v) is 3.52. The van der Waals surface area contributed by atoms with E-state index in [9.17, 15) is 0 Å². The first-order chi connectivity index (χ1) is 7.33. The Bertz CT molecular complexity index is 293. The first-order valence-electron chi connectivity index (χ1n) is 5.56. The molecule has 0 radical (unpaired) electrons. The van der Waals surface area contributed by atoms with E-state index in [-0.39, 0.29) is 6.04 Å². The van der Waals surface area contributed by atoms with Crippen molar-refractivity contribution in [2.45, 2.75) is 39.3 Å². The molecule has 0 saturated carbocycles. The molecule has 0 aliphatic carbocycles. The lowest BCUT2D eigenvalue weighted by molar-refractivity contribution is 0.478. The Morgan fingerprint density at radius 3 is 3.00 bits per heavy atom. The number of aromatic nitrogens is 3. The molecular weight excluding hydrogens is 188 g/mol. The van der Waals surface area contributed by atoms with Crippen molar-refractivity contribution in [3.05, 3.63) is 24.5 Å². The largest absolute Gasteiger partial charge is 0.309 e. The van der Waals surface area contributed by atoms with Gasteiger partial charge in [-0.25, -0.2) is 4.68 Å². The second kappa shape index (κ2) is 6.35. The molecule has 1 aromatic heterocycles. The predicted molar refractivity (Wildman–Crippen MR) is 61.5 cm³/mol. The van der Waals surface area contributed by atoms with Gasteiger partial charge in [-0.3, -0.25) is 0 Å². The van der Waals surface area contributed by atoms with Crippen molar-refractivity contribution in [1.29, 1.82) is 0 Å². The van der Waals surface area contributed by atoms with E-state index in [1.807, 2.05) is 17.0 Å². The maximum Gasteiger partial charge on any atom is 0.0759 e. The van der Waals surface area contributed by atoms with Crippen LogP contribution < -0.4 is 5.32 Å². The van der Waals surface area contributed by atoms with E-state index < -0.39 is 0 Å². The average molecular weight is 208 g/mol. The molecule has 84 valence electrons. The Morgan fingerprint density at radius 1 is 1.60 bits per heavy atom. The second-order valence-electron chi connectivity index (χ2n) is 3.52. The molecule has 4 nitrogen and oxygen atoms in total. The Labute approximate surface area is 91.4 Å².